The molecule has 0 unspecified atom stereocenters. The lowest BCUT2D eigenvalue weighted by atomic mass is 10.1. The van der Waals surface area contributed by atoms with Gasteiger partial charge in [0.2, 0.25) is 17.7 Å². The Kier molecular flexibility index (Phi) is 8.21. The van der Waals surface area contributed by atoms with E-state index in [1.807, 2.05) is 21.9 Å². The summed E-state index contributed by atoms with van der Waals surface area (Å²) < 4.78 is 1.20. The molecular formula is C22H29N3O4S. The van der Waals surface area contributed by atoms with E-state index in [4.69, 9.17) is 5.21 Å². The summed E-state index contributed by atoms with van der Waals surface area (Å²) in [5.41, 5.74) is 2.70. The maximum atomic E-state index is 12.7. The Hall–Kier alpha value is -2.45. The van der Waals surface area contributed by atoms with Gasteiger partial charge in [-0.2, -0.15) is 0 Å². The topological polar surface area (TPSA) is 90.0 Å². The summed E-state index contributed by atoms with van der Waals surface area (Å²) >= 11 is 1.67. The van der Waals surface area contributed by atoms with E-state index in [1.165, 1.54) is 4.70 Å². The van der Waals surface area contributed by atoms with Gasteiger partial charge in [0.15, 0.2) is 0 Å². The summed E-state index contributed by atoms with van der Waals surface area (Å²) in [6, 6.07) is 8.15. The number of thiophene rings is 1. The maximum Gasteiger partial charge on any atom is 0.243 e. The SMILES string of the molecule is O=C(CCCCCCC(=O)N1CCN(C(=O)Cc2csc3ccccc23)CC1)NO. The Labute approximate surface area is 180 Å². The van der Waals surface area contributed by atoms with Crippen molar-refractivity contribution in [2.24, 2.45) is 0 Å². The molecule has 0 bridgehead atoms. The van der Waals surface area contributed by atoms with Crippen LogP contribution in [0.1, 0.15) is 44.1 Å². The van der Waals surface area contributed by atoms with Crippen molar-refractivity contribution in [2.45, 2.75) is 44.9 Å². The molecule has 1 saturated heterocycles. The first kappa shape index (κ1) is 22.2. The van der Waals surface area contributed by atoms with Crippen molar-refractivity contribution in [3.05, 3.63) is 35.2 Å². The highest BCUT2D eigenvalue weighted by Gasteiger charge is 2.24. The highest BCUT2D eigenvalue weighted by atomic mass is 32.1. The van der Waals surface area contributed by atoms with Crippen molar-refractivity contribution in [1.29, 1.82) is 0 Å². The number of hydrogen-bond acceptors (Lipinski definition) is 5. The summed E-state index contributed by atoms with van der Waals surface area (Å²) in [7, 11) is 0. The highest BCUT2D eigenvalue weighted by Crippen LogP contribution is 2.26. The van der Waals surface area contributed by atoms with E-state index in [2.05, 4.69) is 17.5 Å². The van der Waals surface area contributed by atoms with E-state index >= 15 is 0 Å². The second-order valence-corrected chi connectivity index (χ2v) is 8.56. The zero-order valence-electron chi connectivity index (χ0n) is 17.1. The Morgan fingerprint density at radius 1 is 0.900 bits per heavy atom. The number of piperazine rings is 1. The predicted octanol–water partition coefficient (Wildman–Crippen LogP) is 2.96. The van der Waals surface area contributed by atoms with Gasteiger partial charge in [-0.3, -0.25) is 19.6 Å². The van der Waals surface area contributed by atoms with Gasteiger partial charge in [-0.05, 0) is 35.2 Å². The van der Waals surface area contributed by atoms with Crippen molar-refractivity contribution < 1.29 is 19.6 Å². The molecule has 2 aromatic rings. The van der Waals surface area contributed by atoms with E-state index in [1.54, 1.807) is 16.8 Å². The molecule has 8 heteroatoms. The molecule has 1 aromatic heterocycles. The number of benzene rings is 1. The van der Waals surface area contributed by atoms with Gasteiger partial charge in [0.1, 0.15) is 0 Å². The molecule has 7 nitrogen and oxygen atoms in total. The molecule has 3 amide bonds. The number of carbonyl (C=O) groups is 3. The predicted molar refractivity (Wildman–Crippen MR) is 116 cm³/mol. The summed E-state index contributed by atoms with van der Waals surface area (Å²) in [6.45, 7) is 2.35. The standard InChI is InChI=1S/C22H29N3O4S/c26-20(23-29)9-3-1-2-4-10-21(27)24-11-13-25(14-12-24)22(28)15-17-16-30-19-8-6-5-7-18(17)19/h5-8,16,29H,1-4,9-15H2,(H,23,26). The molecule has 0 aliphatic carbocycles. The van der Waals surface area contributed by atoms with Crippen molar-refractivity contribution in [3.63, 3.8) is 0 Å². The van der Waals surface area contributed by atoms with E-state index in [0.29, 0.717) is 51.9 Å². The quantitative estimate of drug-likeness (QED) is 0.363. The highest BCUT2D eigenvalue weighted by molar-refractivity contribution is 7.17. The first-order chi connectivity index (χ1) is 14.6. The number of fused-ring (bicyclic) bond motifs is 1. The monoisotopic (exact) mass is 431 g/mol. The summed E-state index contributed by atoms with van der Waals surface area (Å²) in [5.74, 6) is -0.109. The van der Waals surface area contributed by atoms with Gasteiger partial charge < -0.3 is 9.80 Å². The minimum Gasteiger partial charge on any atom is -0.339 e. The van der Waals surface area contributed by atoms with E-state index in [0.717, 1.165) is 30.2 Å². The van der Waals surface area contributed by atoms with Crippen molar-refractivity contribution in [1.82, 2.24) is 15.3 Å². The van der Waals surface area contributed by atoms with Gasteiger partial charge in [0, 0.05) is 43.7 Å². The van der Waals surface area contributed by atoms with Crippen LogP contribution in [0.15, 0.2) is 29.6 Å². The van der Waals surface area contributed by atoms with Crippen LogP contribution in [0.3, 0.4) is 0 Å². The Bertz CT molecular complexity index is 874. The average molecular weight is 432 g/mol. The van der Waals surface area contributed by atoms with Crippen LogP contribution in [0, 0.1) is 0 Å². The Balaban J connectivity index is 1.35. The fraction of sp³-hybridized carbons (Fsp3) is 0.500. The molecule has 0 spiro atoms. The number of nitrogens with one attached hydrogen (secondary N) is 1. The summed E-state index contributed by atoms with van der Waals surface area (Å²) in [5, 5.41) is 11.7. The Morgan fingerprint density at radius 2 is 1.53 bits per heavy atom. The molecule has 1 aliphatic rings. The van der Waals surface area contributed by atoms with Crippen LogP contribution in [-0.2, 0) is 20.8 Å². The van der Waals surface area contributed by atoms with Crippen molar-refractivity contribution in [3.8, 4) is 0 Å². The largest absolute Gasteiger partial charge is 0.339 e. The number of nitrogens with zero attached hydrogens (tertiary/aromatic N) is 2. The van der Waals surface area contributed by atoms with Crippen LogP contribution < -0.4 is 5.48 Å². The summed E-state index contributed by atoms with van der Waals surface area (Å²) in [4.78, 5) is 39.7. The first-order valence-electron chi connectivity index (χ1n) is 10.5. The number of rotatable bonds is 9. The molecule has 30 heavy (non-hydrogen) atoms. The smallest absolute Gasteiger partial charge is 0.243 e. The normalized spacial score (nSPS) is 14.2. The first-order valence-corrected chi connectivity index (χ1v) is 11.4. The van der Waals surface area contributed by atoms with Crippen LogP contribution >= 0.6 is 11.3 Å². The third-order valence-corrected chi connectivity index (χ3v) is 6.57. The molecule has 0 atom stereocenters. The molecule has 2 N–H and O–H groups in total. The molecule has 0 saturated carbocycles. The van der Waals surface area contributed by atoms with Gasteiger partial charge in [-0.15, -0.1) is 11.3 Å². The van der Waals surface area contributed by atoms with Gasteiger partial charge >= 0.3 is 0 Å². The van der Waals surface area contributed by atoms with E-state index in [-0.39, 0.29) is 17.7 Å². The molecular weight excluding hydrogens is 402 g/mol. The second-order valence-electron chi connectivity index (χ2n) is 7.64. The van der Waals surface area contributed by atoms with Crippen LogP contribution in [0.2, 0.25) is 0 Å². The lowest BCUT2D eigenvalue weighted by Crippen LogP contribution is -2.50. The molecule has 1 aromatic carbocycles. The van der Waals surface area contributed by atoms with Crippen LogP contribution in [-0.4, -0.2) is 58.9 Å². The van der Waals surface area contributed by atoms with Gasteiger partial charge in [-0.25, -0.2) is 5.48 Å². The zero-order valence-corrected chi connectivity index (χ0v) is 18.0. The molecule has 1 aliphatic heterocycles. The Morgan fingerprint density at radius 3 is 2.23 bits per heavy atom. The van der Waals surface area contributed by atoms with E-state index in [9.17, 15) is 14.4 Å². The van der Waals surface area contributed by atoms with Gasteiger partial charge in [0.05, 0.1) is 6.42 Å². The third kappa shape index (κ3) is 6.03. The molecule has 162 valence electrons. The lowest BCUT2D eigenvalue weighted by Gasteiger charge is -2.35. The number of amides is 3. The lowest BCUT2D eigenvalue weighted by molar-refractivity contribution is -0.139. The fourth-order valence-corrected chi connectivity index (χ4v) is 4.74. The maximum absolute atomic E-state index is 12.7. The number of carbonyl (C=O) groups excluding carboxylic acids is 3. The van der Waals surface area contributed by atoms with Gasteiger partial charge in [-0.1, -0.05) is 31.0 Å². The minimum atomic E-state index is -0.370. The molecule has 0 radical (unpaired) electrons. The zero-order chi connectivity index (χ0) is 21.3. The van der Waals surface area contributed by atoms with Crippen molar-refractivity contribution >= 4 is 39.1 Å². The second kappa shape index (κ2) is 11.1. The van der Waals surface area contributed by atoms with Gasteiger partial charge in [0.25, 0.3) is 0 Å². The van der Waals surface area contributed by atoms with E-state index < -0.39 is 0 Å². The molecule has 2 heterocycles. The summed E-state index contributed by atoms with van der Waals surface area (Å²) in [6.07, 6.45) is 4.47. The third-order valence-electron chi connectivity index (χ3n) is 5.56. The average Bonchev–Trinajstić information content (AvgIpc) is 3.18. The van der Waals surface area contributed by atoms with Crippen LogP contribution in [0.25, 0.3) is 10.1 Å². The number of hydroxylamine groups is 1. The number of unbranched alkanes of at least 4 members (excludes halogenated alkanes) is 3. The van der Waals surface area contributed by atoms with Crippen LogP contribution in [0.5, 0.6) is 0 Å². The molecule has 3 rings (SSSR count). The fourth-order valence-electron chi connectivity index (χ4n) is 3.78. The molecule has 1 fully saturated rings. The number of hydrogen-bond donors (Lipinski definition) is 2. The van der Waals surface area contributed by atoms with Crippen molar-refractivity contribution in [2.75, 3.05) is 26.2 Å². The minimum absolute atomic E-state index is 0.123. The van der Waals surface area contributed by atoms with Crippen LogP contribution in [0.4, 0.5) is 0 Å².